The molecule has 2 N–H and O–H groups in total. The van der Waals surface area contributed by atoms with Gasteiger partial charge >= 0.3 is 0 Å². The molecular formula is C21H28NO5+. The predicted molar refractivity (Wildman–Crippen MR) is 101 cm³/mol. The lowest BCUT2D eigenvalue weighted by atomic mass is 9.98. The summed E-state index contributed by atoms with van der Waals surface area (Å²) in [6.07, 6.45) is 4.98. The number of hydrogen-bond donors (Lipinski definition) is 2. The summed E-state index contributed by atoms with van der Waals surface area (Å²) >= 11 is 0. The minimum Gasteiger partial charge on any atom is -0.507 e. The first-order valence-corrected chi connectivity index (χ1v) is 9.20. The molecule has 6 heteroatoms. The van der Waals surface area contributed by atoms with Crippen molar-refractivity contribution in [2.24, 2.45) is 5.92 Å². The molecule has 0 radical (unpaired) electrons. The molecule has 0 amide bonds. The highest BCUT2D eigenvalue weighted by Crippen LogP contribution is 2.31. The quantitative estimate of drug-likeness (QED) is 0.287. The smallest absolute Gasteiger partial charge is 0.263 e. The fourth-order valence-electron chi connectivity index (χ4n) is 2.65. The van der Waals surface area contributed by atoms with E-state index < -0.39 is 0 Å². The molecule has 6 nitrogen and oxygen atoms in total. The lowest BCUT2D eigenvalue weighted by Crippen LogP contribution is -2.28. The molecule has 0 unspecified atom stereocenters. The average Bonchev–Trinajstić information content (AvgIpc) is 2.60. The minimum absolute atomic E-state index is 0.00266. The van der Waals surface area contributed by atoms with Crippen LogP contribution in [-0.4, -0.2) is 29.3 Å². The first-order chi connectivity index (χ1) is 12.9. The molecule has 1 aromatic carbocycles. The number of nitrogens with zero attached hydrogens (tertiary/aromatic N) is 1. The normalized spacial score (nSPS) is 10.8. The van der Waals surface area contributed by atoms with Crippen LogP contribution >= 0.6 is 0 Å². The minimum atomic E-state index is -0.0561. The number of rotatable bonds is 10. The molecule has 146 valence electrons. The number of pyridine rings is 1. The van der Waals surface area contributed by atoms with Gasteiger partial charge in [-0.1, -0.05) is 13.8 Å². The Labute approximate surface area is 159 Å². The Morgan fingerprint density at radius 3 is 2.52 bits per heavy atom. The van der Waals surface area contributed by atoms with Crippen LogP contribution in [0, 0.1) is 12.8 Å². The van der Waals surface area contributed by atoms with E-state index in [1.165, 1.54) is 12.4 Å². The van der Waals surface area contributed by atoms with Gasteiger partial charge in [-0.25, -0.2) is 0 Å². The van der Waals surface area contributed by atoms with Crippen molar-refractivity contribution >= 4 is 5.78 Å². The van der Waals surface area contributed by atoms with Crippen LogP contribution in [0.15, 0.2) is 36.7 Å². The van der Waals surface area contributed by atoms with Crippen molar-refractivity contribution in [1.82, 2.24) is 0 Å². The van der Waals surface area contributed by atoms with Crippen molar-refractivity contribution < 1.29 is 29.3 Å². The molecule has 1 heterocycles. The highest BCUT2D eigenvalue weighted by molar-refractivity contribution is 5.99. The van der Waals surface area contributed by atoms with Crippen molar-refractivity contribution in [3.63, 3.8) is 0 Å². The Balaban J connectivity index is 1.79. The summed E-state index contributed by atoms with van der Waals surface area (Å²) in [5.41, 5.74) is 0.934. The summed E-state index contributed by atoms with van der Waals surface area (Å²) in [4.78, 5) is 12.2. The van der Waals surface area contributed by atoms with Crippen molar-refractivity contribution in [3.05, 3.63) is 47.8 Å². The summed E-state index contributed by atoms with van der Waals surface area (Å²) in [7, 11) is 0. The maximum Gasteiger partial charge on any atom is 0.263 e. The van der Waals surface area contributed by atoms with Crippen LogP contribution in [0.3, 0.4) is 0 Å². The molecule has 0 aliphatic rings. The molecule has 0 spiro atoms. The van der Waals surface area contributed by atoms with Crippen LogP contribution in [-0.2, 0) is 0 Å². The van der Waals surface area contributed by atoms with E-state index >= 15 is 0 Å². The fraction of sp³-hybridized carbons (Fsp3) is 0.429. The van der Waals surface area contributed by atoms with Gasteiger partial charge in [0.25, 0.3) is 6.20 Å². The van der Waals surface area contributed by atoms with E-state index in [4.69, 9.17) is 9.47 Å². The molecular weight excluding hydrogens is 346 g/mol. The second-order valence-electron chi connectivity index (χ2n) is 6.93. The third-order valence-corrected chi connectivity index (χ3v) is 4.10. The molecule has 0 fully saturated rings. The van der Waals surface area contributed by atoms with Gasteiger partial charge in [-0.05, 0) is 43.9 Å². The summed E-state index contributed by atoms with van der Waals surface area (Å²) in [6, 6.07) is 6.84. The molecule has 1 aromatic heterocycles. The number of aromatic nitrogens is 1. The molecule has 0 aliphatic heterocycles. The number of hydrogen-bond acceptors (Lipinski definition) is 5. The zero-order valence-corrected chi connectivity index (χ0v) is 16.1. The Morgan fingerprint density at radius 1 is 1.15 bits per heavy atom. The Hall–Kier alpha value is -2.76. The monoisotopic (exact) mass is 374 g/mol. The summed E-state index contributed by atoms with van der Waals surface area (Å²) in [6.45, 7) is 6.70. The molecule has 0 bridgehead atoms. The summed E-state index contributed by atoms with van der Waals surface area (Å²) in [5, 5.41) is 19.6. The maximum atomic E-state index is 12.2. The van der Waals surface area contributed by atoms with Gasteiger partial charge in [-0.3, -0.25) is 10.0 Å². The van der Waals surface area contributed by atoms with Crippen molar-refractivity contribution in [1.29, 1.82) is 0 Å². The van der Waals surface area contributed by atoms with Crippen LogP contribution in [0.2, 0.25) is 0 Å². The molecule has 0 atom stereocenters. The predicted octanol–water partition coefficient (Wildman–Crippen LogP) is 3.69. The van der Waals surface area contributed by atoms with Crippen molar-refractivity contribution in [2.75, 3.05) is 13.2 Å². The molecule has 0 aliphatic carbocycles. The number of carbonyl (C=O) groups is 1. The number of phenols is 1. The topological polar surface area (TPSA) is 79.9 Å². The number of unbranched alkanes of at least 4 members (excludes halogenated alkanes) is 1. The molecule has 0 saturated heterocycles. The Bertz CT molecular complexity index is 773. The molecule has 0 saturated carbocycles. The zero-order chi connectivity index (χ0) is 19.8. The average molecular weight is 374 g/mol. The SMILES string of the molecule is Cc1c(OCCCCOc2ccc[n+](O)c2)ccc(C(=O)CC(C)C)c1O. The molecule has 27 heavy (non-hydrogen) atoms. The van der Waals surface area contributed by atoms with Gasteiger partial charge in [0.2, 0.25) is 6.20 Å². The van der Waals surface area contributed by atoms with E-state index in [9.17, 15) is 15.1 Å². The second-order valence-corrected chi connectivity index (χ2v) is 6.93. The van der Waals surface area contributed by atoms with Crippen LogP contribution < -0.4 is 14.2 Å². The fourth-order valence-corrected chi connectivity index (χ4v) is 2.65. The number of ketones is 1. The first-order valence-electron chi connectivity index (χ1n) is 9.20. The zero-order valence-electron chi connectivity index (χ0n) is 16.1. The number of ether oxygens (including phenoxy) is 2. The van der Waals surface area contributed by atoms with Crippen LogP contribution in [0.1, 0.15) is 49.0 Å². The third-order valence-electron chi connectivity index (χ3n) is 4.10. The van der Waals surface area contributed by atoms with Gasteiger partial charge in [-0.15, -0.1) is 0 Å². The molecule has 2 aromatic rings. The largest absolute Gasteiger partial charge is 0.507 e. The first kappa shape index (κ1) is 20.6. The lowest BCUT2D eigenvalue weighted by molar-refractivity contribution is -0.904. The third kappa shape index (κ3) is 6.16. The highest BCUT2D eigenvalue weighted by Gasteiger charge is 2.17. The van der Waals surface area contributed by atoms with E-state index in [-0.39, 0.29) is 17.5 Å². The van der Waals surface area contributed by atoms with Gasteiger partial charge in [0, 0.05) is 22.8 Å². The van der Waals surface area contributed by atoms with Crippen LogP contribution in [0.5, 0.6) is 17.2 Å². The van der Waals surface area contributed by atoms with E-state index in [1.807, 2.05) is 13.8 Å². The number of benzene rings is 1. The number of carbonyl (C=O) groups excluding carboxylic acids is 1. The van der Waals surface area contributed by atoms with Crippen molar-refractivity contribution in [2.45, 2.75) is 40.0 Å². The molecule has 2 rings (SSSR count). The second kappa shape index (κ2) is 9.80. The van der Waals surface area contributed by atoms with Crippen molar-refractivity contribution in [3.8, 4) is 17.2 Å². The van der Waals surface area contributed by atoms with Gasteiger partial charge in [0.05, 0.1) is 18.8 Å². The van der Waals surface area contributed by atoms with Gasteiger partial charge in [0.15, 0.2) is 11.5 Å². The number of phenolic OH excluding ortho intramolecular Hbond substituents is 1. The Morgan fingerprint density at radius 2 is 1.85 bits per heavy atom. The van der Waals surface area contributed by atoms with Crippen LogP contribution in [0.4, 0.5) is 0 Å². The number of Topliss-reactive ketones (excluding diaryl/α,β-unsaturated/α-hetero) is 1. The van der Waals surface area contributed by atoms with E-state index in [1.54, 1.807) is 31.2 Å². The standard InChI is InChI=1S/C21H27NO5/c1-15(2)13-19(23)18-8-9-20(16(3)21(18)24)27-12-5-4-11-26-17-7-6-10-22(25)14-17/h6-10,14-15H,4-5,11-13H2,1-3H3,(H-,23,24,25)/p+1. The van der Waals surface area contributed by atoms with Gasteiger partial charge in [-0.2, -0.15) is 0 Å². The lowest BCUT2D eigenvalue weighted by Gasteiger charge is -2.13. The van der Waals surface area contributed by atoms with Crippen LogP contribution in [0.25, 0.3) is 0 Å². The van der Waals surface area contributed by atoms with E-state index in [0.717, 1.165) is 17.6 Å². The Kier molecular flexibility index (Phi) is 7.46. The van der Waals surface area contributed by atoms with Gasteiger partial charge in [0.1, 0.15) is 11.5 Å². The van der Waals surface area contributed by atoms with E-state index in [0.29, 0.717) is 42.3 Å². The highest BCUT2D eigenvalue weighted by atomic mass is 16.5. The van der Waals surface area contributed by atoms with Gasteiger partial charge < -0.3 is 14.6 Å². The summed E-state index contributed by atoms with van der Waals surface area (Å²) < 4.78 is 12.2. The number of aromatic hydroxyl groups is 1. The van der Waals surface area contributed by atoms with E-state index in [2.05, 4.69) is 0 Å². The maximum absolute atomic E-state index is 12.2. The summed E-state index contributed by atoms with van der Waals surface area (Å²) in [5.74, 6) is 1.37.